The Balaban J connectivity index is 0.983. The lowest BCUT2D eigenvalue weighted by Crippen LogP contribution is -2.63. The molecule has 1 fully saturated rings. The molecule has 2 N–H and O–H groups in total. The molecule has 72 heavy (non-hydrogen) atoms. The molecule has 3 amide bonds. The smallest absolute Gasteiger partial charge is 0.471 e. The third kappa shape index (κ3) is 11.1. The molecule has 2 aromatic heterocycles. The molecule has 12 nitrogen and oxygen atoms in total. The average molecular weight is 1010 g/mol. The Hall–Kier alpha value is -6.48. The van der Waals surface area contributed by atoms with Crippen molar-refractivity contribution in [2.24, 2.45) is 11.8 Å². The van der Waals surface area contributed by atoms with Crippen LogP contribution in [0.3, 0.4) is 0 Å². The van der Waals surface area contributed by atoms with Gasteiger partial charge < -0.3 is 24.8 Å². The largest absolute Gasteiger partial charge is 0.494 e. The number of hydrogen-bond acceptors (Lipinski definition) is 9. The van der Waals surface area contributed by atoms with E-state index >= 15 is 0 Å². The lowest BCUT2D eigenvalue weighted by molar-refractivity contribution is -0.174. The number of nitrogens with zero attached hydrogens (tertiary/aromatic N) is 3. The van der Waals surface area contributed by atoms with Gasteiger partial charge in [-0.15, -0.1) is 0 Å². The van der Waals surface area contributed by atoms with Crippen molar-refractivity contribution in [3.05, 3.63) is 136 Å². The minimum atomic E-state index is -5.30. The molecule has 0 bridgehead atoms. The van der Waals surface area contributed by atoms with Crippen molar-refractivity contribution >= 4 is 41.0 Å². The van der Waals surface area contributed by atoms with Crippen molar-refractivity contribution < 1.29 is 46.6 Å². The topological polar surface area (TPSA) is 149 Å². The van der Waals surface area contributed by atoms with Gasteiger partial charge in [0.1, 0.15) is 22.7 Å². The van der Waals surface area contributed by atoms with Crippen LogP contribution in [-0.4, -0.2) is 79.3 Å². The van der Waals surface area contributed by atoms with Gasteiger partial charge in [-0.3, -0.25) is 24.3 Å². The molecule has 3 atom stereocenters. The summed E-state index contributed by atoms with van der Waals surface area (Å²) in [6, 6.07) is 26.2. The van der Waals surface area contributed by atoms with Gasteiger partial charge in [0.05, 0.1) is 32.4 Å². The van der Waals surface area contributed by atoms with E-state index in [1.165, 1.54) is 29.8 Å². The number of alkyl halides is 3. The second-order valence-corrected chi connectivity index (χ2v) is 20.0. The van der Waals surface area contributed by atoms with Crippen molar-refractivity contribution in [3.8, 4) is 22.8 Å². The summed E-state index contributed by atoms with van der Waals surface area (Å²) in [4.78, 5) is 62.4. The molecule has 0 radical (unpaired) electrons. The Labute approximate surface area is 423 Å². The second kappa shape index (κ2) is 22.1. The van der Waals surface area contributed by atoms with E-state index in [0.29, 0.717) is 60.6 Å². The van der Waals surface area contributed by atoms with Gasteiger partial charge in [0.2, 0.25) is 5.91 Å². The molecule has 0 saturated heterocycles. The van der Waals surface area contributed by atoms with Crippen LogP contribution in [-0.2, 0) is 43.8 Å². The summed E-state index contributed by atoms with van der Waals surface area (Å²) in [5.41, 5.74) is 4.12. The first kappa shape index (κ1) is 51.9. The number of halogens is 4. The molecule has 8 rings (SSSR count). The average Bonchev–Trinajstić information content (AvgIpc) is 3.66. The van der Waals surface area contributed by atoms with E-state index < -0.39 is 29.0 Å². The number of esters is 1. The third-order valence-electron chi connectivity index (χ3n) is 14.8. The molecule has 0 unspecified atom stereocenters. The second-order valence-electron chi connectivity index (χ2n) is 19.5. The highest BCUT2D eigenvalue weighted by Crippen LogP contribution is 2.58. The Morgan fingerprint density at radius 2 is 1.72 bits per heavy atom. The van der Waals surface area contributed by atoms with Gasteiger partial charge in [0.25, 0.3) is 5.91 Å². The van der Waals surface area contributed by atoms with Crippen LogP contribution in [0.4, 0.5) is 18.9 Å². The fourth-order valence-corrected chi connectivity index (χ4v) is 11.5. The van der Waals surface area contributed by atoms with Gasteiger partial charge in [-0.2, -0.15) is 13.2 Å². The number of methoxy groups -OCH3 is 1. The zero-order valence-electron chi connectivity index (χ0n) is 41.1. The first-order chi connectivity index (χ1) is 34.5. The molecule has 3 aliphatic rings. The fourth-order valence-electron chi connectivity index (χ4n) is 11.4. The Bertz CT molecular complexity index is 2800. The van der Waals surface area contributed by atoms with Crippen molar-refractivity contribution in [2.75, 3.05) is 38.8 Å². The molecular weight excluding hydrogens is 947 g/mol. The summed E-state index contributed by atoms with van der Waals surface area (Å²) in [7, 11) is 2.67. The fraction of sp³-hybridized carbons (Fsp3) is 0.429. The van der Waals surface area contributed by atoms with E-state index in [9.17, 15) is 32.3 Å². The molecular formula is C56H61ClF3N5O7. The van der Waals surface area contributed by atoms with Crippen molar-refractivity contribution in [1.29, 1.82) is 0 Å². The standard InChI is InChI=1S/C56H61ClF3N5O7/c1-35(34-72-48-20-26-62-46-16-5-10-36(2)50(46)48)28-40-31-38-18-19-43(71-27-9-25-63-49(66)30-37-11-6-12-39(29-37)45-15-8-17-47(64-45)51(67)61-3)33-44(38)54(40)21-23-55(24-22-54,53(69)70-4)65(52(68)56(58,59)60)42-14-7-13-41(57)32-42/h6-8,11-15,17-20,26,29,32-33,35-36,40H,5,9-10,16,21-25,27-28,30-31,34H2,1-4H3,(H,61,67)(H,63,66)/t35-,36-,40+,54?,55?/m1/s1. The van der Waals surface area contributed by atoms with Crippen LogP contribution in [0.25, 0.3) is 11.3 Å². The van der Waals surface area contributed by atoms with E-state index in [0.717, 1.165) is 66.5 Å². The van der Waals surface area contributed by atoms with Gasteiger partial charge in [-0.25, -0.2) is 9.78 Å². The Morgan fingerprint density at radius 3 is 2.47 bits per heavy atom. The number of pyridine rings is 2. The van der Waals surface area contributed by atoms with E-state index in [4.69, 9.17) is 25.8 Å². The lowest BCUT2D eigenvalue weighted by atomic mass is 9.59. The number of ether oxygens (including phenoxy) is 3. The molecule has 380 valence electrons. The maximum absolute atomic E-state index is 14.6. The van der Waals surface area contributed by atoms with Gasteiger partial charge in [0, 0.05) is 47.3 Å². The maximum Gasteiger partial charge on any atom is 0.471 e. The number of anilines is 1. The summed E-state index contributed by atoms with van der Waals surface area (Å²) in [5, 5.41) is 5.67. The molecule has 3 aliphatic carbocycles. The predicted octanol–water partition coefficient (Wildman–Crippen LogP) is 10.3. The van der Waals surface area contributed by atoms with Crippen molar-refractivity contribution in [3.63, 3.8) is 0 Å². The zero-order valence-corrected chi connectivity index (χ0v) is 41.8. The van der Waals surface area contributed by atoms with E-state index in [1.807, 2.05) is 54.6 Å². The van der Waals surface area contributed by atoms with Crippen LogP contribution in [0.15, 0.2) is 97.2 Å². The summed E-state index contributed by atoms with van der Waals surface area (Å²) in [5.74, 6) is -1.67. The number of aryl methyl sites for hydroxylation is 1. The highest BCUT2D eigenvalue weighted by molar-refractivity contribution is 6.31. The summed E-state index contributed by atoms with van der Waals surface area (Å²) >= 11 is 6.29. The van der Waals surface area contributed by atoms with Crippen LogP contribution >= 0.6 is 11.6 Å². The molecule has 3 aromatic carbocycles. The van der Waals surface area contributed by atoms with E-state index in [2.05, 4.69) is 34.4 Å². The summed E-state index contributed by atoms with van der Waals surface area (Å²) < 4.78 is 61.9. The minimum absolute atomic E-state index is 0.0140. The van der Waals surface area contributed by atoms with E-state index in [-0.39, 0.29) is 66.5 Å². The van der Waals surface area contributed by atoms with E-state index in [1.54, 1.807) is 25.4 Å². The SMILES string of the molecule is CNC(=O)c1cccc(-c2cccc(CC(=O)NCCCOc3ccc4c(c3)C3(CCC(C(=O)OC)(N(C(=O)C(F)(F)F)c5cccc(Cl)c5)CC3)[C@@H](C[C@@H](C)COc3ccnc5c3[C@H](C)CCC5)C4)c2)n1. The normalized spacial score (nSPS) is 20.7. The maximum atomic E-state index is 14.6. The highest BCUT2D eigenvalue weighted by Gasteiger charge is 2.60. The third-order valence-corrected chi connectivity index (χ3v) is 15.1. The van der Waals surface area contributed by atoms with Gasteiger partial charge in [-0.1, -0.05) is 61.8 Å². The molecule has 1 saturated carbocycles. The molecule has 5 aromatic rings. The van der Waals surface area contributed by atoms with Crippen LogP contribution in [0, 0.1) is 11.8 Å². The number of carbonyl (C=O) groups is 4. The van der Waals surface area contributed by atoms with Crippen molar-refractivity contribution in [2.45, 2.75) is 108 Å². The number of fused-ring (bicyclic) bond motifs is 3. The van der Waals surface area contributed by atoms with Crippen LogP contribution < -0.4 is 25.0 Å². The Kier molecular flexibility index (Phi) is 15.9. The summed E-state index contributed by atoms with van der Waals surface area (Å²) in [6.07, 6.45) is 2.01. The van der Waals surface area contributed by atoms with Crippen LogP contribution in [0.2, 0.25) is 5.02 Å². The van der Waals surface area contributed by atoms with Crippen LogP contribution in [0.1, 0.15) is 110 Å². The molecule has 16 heteroatoms. The predicted molar refractivity (Wildman–Crippen MR) is 268 cm³/mol. The number of amides is 3. The first-order valence-electron chi connectivity index (χ1n) is 24.7. The first-order valence-corrected chi connectivity index (χ1v) is 25.1. The number of aromatic nitrogens is 2. The zero-order chi connectivity index (χ0) is 51.2. The summed E-state index contributed by atoms with van der Waals surface area (Å²) in [6.45, 7) is 5.46. The quantitative estimate of drug-likeness (QED) is 0.0686. The van der Waals surface area contributed by atoms with Gasteiger partial charge >= 0.3 is 18.1 Å². The van der Waals surface area contributed by atoms with Gasteiger partial charge in [-0.05, 0) is 159 Å². The highest BCUT2D eigenvalue weighted by atomic mass is 35.5. The number of hydrogen-bond donors (Lipinski definition) is 2. The molecule has 0 aliphatic heterocycles. The van der Waals surface area contributed by atoms with Crippen LogP contribution in [0.5, 0.6) is 11.5 Å². The van der Waals surface area contributed by atoms with Crippen molar-refractivity contribution in [1.82, 2.24) is 20.6 Å². The van der Waals surface area contributed by atoms with Gasteiger partial charge in [0.15, 0.2) is 0 Å². The number of benzene rings is 3. The molecule has 2 heterocycles. The number of nitrogens with one attached hydrogen (secondary N) is 2. The monoisotopic (exact) mass is 1010 g/mol. The molecule has 1 spiro atoms. The minimum Gasteiger partial charge on any atom is -0.494 e. The Morgan fingerprint density at radius 1 is 0.944 bits per heavy atom. The lowest BCUT2D eigenvalue weighted by Gasteiger charge is -2.51. The number of rotatable bonds is 17. The number of carbonyl (C=O) groups excluding carboxylic acids is 4.